The van der Waals surface area contributed by atoms with Crippen LogP contribution in [0.1, 0.15) is 163 Å². The van der Waals surface area contributed by atoms with Crippen molar-refractivity contribution in [1.82, 2.24) is 43.6 Å². The standard InChI is InChI=1S/C33H39N3O5S.C31H37N3O5S.C28H37N3O7S/c1-4-24-12-15-27(16-13-24)42(39,40)34-30-28-23-26(14-17-29(28)41-33(2,3)31(30)37)32(38)36-21-19-35(20-22-36)18-8-11-25-9-6-5-7-10-25;1-4-22-10-13-25(14-11-22)40(37,38)32-28-26-20-24(12-15-27(26)39-31(2,3)29(28)35)30(36)34-18-16-33(17-19-34)21-23-8-6-5-7-9-23;1-5-19-7-10-21(11-8-19)39(35,36)29-25-22-17-20(9-12-23(22)38-28(3,4)26(25)33)27(34)31-15-13-30(14-16-31)18-24(32)37-6-2/h5-17,23,30-31,34,37H,4,18-22H2,1-3H3;5-15,20,28-29,32,35H,4,16-19,21H2,1-3H3;7-12,17,25-26,29,33H,5-6,13-16,18H2,1-4H3/b11-8+;;/t30-,31+;28-,29+;25-,26+/m111/s1. The second-order valence-electron chi connectivity index (χ2n) is 32.8. The van der Waals surface area contributed by atoms with Crippen LogP contribution < -0.4 is 28.4 Å². The van der Waals surface area contributed by atoms with Crippen LogP contribution in [0.15, 0.2) is 209 Å². The molecule has 646 valence electrons. The van der Waals surface area contributed by atoms with Gasteiger partial charge in [-0.05, 0) is 187 Å². The molecule has 6 aliphatic rings. The third-order valence-corrected chi connectivity index (χ3v) is 27.5. The van der Waals surface area contributed by atoms with Crippen LogP contribution in [0.5, 0.6) is 17.2 Å². The smallest absolute Gasteiger partial charge is 0.320 e. The number of aliphatic hydroxyl groups is 3. The molecule has 8 aromatic rings. The van der Waals surface area contributed by atoms with Crippen molar-refractivity contribution in [2.75, 3.05) is 98.2 Å². The van der Waals surface area contributed by atoms with E-state index >= 15 is 0 Å². The van der Waals surface area contributed by atoms with Gasteiger partial charge in [0.05, 0.1) is 46.0 Å². The number of amides is 3. The van der Waals surface area contributed by atoms with Gasteiger partial charge in [-0.1, -0.05) is 130 Å². The van der Waals surface area contributed by atoms with Gasteiger partial charge in [-0.25, -0.2) is 39.4 Å². The zero-order valence-corrected chi connectivity index (χ0v) is 72.9. The number of sulfonamides is 3. The summed E-state index contributed by atoms with van der Waals surface area (Å²) in [6.07, 6.45) is 3.04. The van der Waals surface area contributed by atoms with Gasteiger partial charge >= 0.3 is 5.97 Å². The van der Waals surface area contributed by atoms with Crippen molar-refractivity contribution in [3.8, 4) is 17.2 Å². The number of aliphatic hydroxyl groups excluding tert-OH is 3. The first-order chi connectivity index (χ1) is 57.6. The largest absolute Gasteiger partial charge is 0.485 e. The Morgan fingerprint density at radius 3 is 1.04 bits per heavy atom. The molecule has 0 unspecified atom stereocenters. The summed E-state index contributed by atoms with van der Waals surface area (Å²) in [7, 11) is -11.9. The molecular formula is C92H113N9O17S3. The summed E-state index contributed by atoms with van der Waals surface area (Å²) in [5, 5.41) is 33.6. The Hall–Kier alpha value is -9.73. The van der Waals surface area contributed by atoms with Crippen molar-refractivity contribution < 1.29 is 78.7 Å². The summed E-state index contributed by atoms with van der Waals surface area (Å²) >= 11 is 0. The number of nitrogens with zero attached hydrogens (tertiary/aromatic N) is 6. The van der Waals surface area contributed by atoms with Crippen molar-refractivity contribution in [1.29, 1.82) is 0 Å². The lowest BCUT2D eigenvalue weighted by Gasteiger charge is -2.42. The molecule has 29 heteroatoms. The van der Waals surface area contributed by atoms with Gasteiger partial charge in [-0.15, -0.1) is 0 Å². The number of hydrogen-bond acceptors (Lipinski definition) is 20. The second kappa shape index (κ2) is 38.8. The lowest BCUT2D eigenvalue weighted by molar-refractivity contribution is -0.144. The molecule has 6 aliphatic heterocycles. The highest BCUT2D eigenvalue weighted by Crippen LogP contribution is 2.45. The van der Waals surface area contributed by atoms with E-state index in [1.165, 1.54) is 5.56 Å². The van der Waals surface area contributed by atoms with Gasteiger partial charge in [0.25, 0.3) is 17.7 Å². The number of nitrogens with one attached hydrogen (secondary N) is 3. The summed E-state index contributed by atoms with van der Waals surface area (Å²) in [6.45, 7) is 27.5. The molecule has 121 heavy (non-hydrogen) atoms. The zero-order chi connectivity index (χ0) is 86.8. The fourth-order valence-electron chi connectivity index (χ4n) is 15.6. The lowest BCUT2D eigenvalue weighted by atomic mass is 9.86. The Morgan fingerprint density at radius 1 is 0.405 bits per heavy atom. The molecule has 8 aromatic carbocycles. The highest BCUT2D eigenvalue weighted by molar-refractivity contribution is 7.90. The van der Waals surface area contributed by atoms with Crippen molar-refractivity contribution in [3.05, 3.63) is 255 Å². The highest BCUT2D eigenvalue weighted by Gasteiger charge is 2.49. The maximum Gasteiger partial charge on any atom is 0.320 e. The minimum atomic E-state index is -3.99. The van der Waals surface area contributed by atoms with Crippen molar-refractivity contribution in [2.45, 2.75) is 163 Å². The highest BCUT2D eigenvalue weighted by atomic mass is 32.2. The van der Waals surface area contributed by atoms with Gasteiger partial charge in [-0.2, -0.15) is 0 Å². The van der Waals surface area contributed by atoms with Crippen molar-refractivity contribution in [2.24, 2.45) is 0 Å². The summed E-state index contributed by atoms with van der Waals surface area (Å²) in [5.41, 5.74) is 4.78. The summed E-state index contributed by atoms with van der Waals surface area (Å²) < 4.78 is 111. The molecule has 0 radical (unpaired) electrons. The number of piperazine rings is 3. The van der Waals surface area contributed by atoms with E-state index in [0.29, 0.717) is 110 Å². The molecule has 0 bridgehead atoms. The van der Waals surface area contributed by atoms with E-state index in [1.54, 1.807) is 181 Å². The van der Waals surface area contributed by atoms with Gasteiger partial charge in [0, 0.05) is 125 Å². The number of aryl methyl sites for hydroxylation is 3. The van der Waals surface area contributed by atoms with Crippen LogP contribution in [0.25, 0.3) is 6.08 Å². The maximum absolute atomic E-state index is 13.5. The quantitative estimate of drug-likeness (QED) is 0.0324. The Balaban J connectivity index is 0.000000166. The number of esters is 1. The third kappa shape index (κ3) is 22.0. The molecule has 6 atom stereocenters. The van der Waals surface area contributed by atoms with E-state index < -0.39 is 83.3 Å². The number of carbonyl (C=O) groups excluding carboxylic acids is 4. The normalized spacial score (nSPS) is 20.9. The number of carbonyl (C=O) groups is 4. The molecule has 0 aromatic heterocycles. The van der Waals surface area contributed by atoms with Crippen LogP contribution in [-0.2, 0) is 65.4 Å². The van der Waals surface area contributed by atoms with Crippen molar-refractivity contribution >= 4 is 59.8 Å². The molecule has 3 saturated heterocycles. The van der Waals surface area contributed by atoms with E-state index in [-0.39, 0.29) is 44.9 Å². The van der Waals surface area contributed by atoms with E-state index in [1.807, 2.05) is 71.9 Å². The summed E-state index contributed by atoms with van der Waals surface area (Å²) in [6, 6.07) is 52.4. The van der Waals surface area contributed by atoms with E-state index in [2.05, 4.69) is 60.4 Å². The SMILES string of the molecule is CCOC(=O)CN1CCN(C(=O)c2ccc3c(c2)[C@@H](NS(=O)(=O)c2ccc(CC)cc2)[C@H](O)C(C)(C)O3)CC1.CCc1ccc(S(=O)(=O)N[C@@H]2c3cc(C(=O)N4CCN(C/C=C/c5ccccc5)CC4)ccc3OC(C)(C)[C@H]2O)cc1.CCc1ccc(S(=O)(=O)N[C@@H]2c3cc(C(=O)N4CCN(Cc5ccccc5)CC4)ccc3OC(C)(C)[C@H]2O)cc1. The summed E-state index contributed by atoms with van der Waals surface area (Å²) in [5.74, 6) is 0.508. The van der Waals surface area contributed by atoms with Gasteiger partial charge in [0.2, 0.25) is 30.1 Å². The molecule has 0 spiro atoms. The molecule has 0 saturated carbocycles. The van der Waals surface area contributed by atoms with Gasteiger partial charge in [0.15, 0.2) is 0 Å². The first-order valence-corrected chi connectivity index (χ1v) is 45.9. The van der Waals surface area contributed by atoms with E-state index in [0.717, 1.165) is 80.8 Å². The Morgan fingerprint density at radius 2 is 0.719 bits per heavy atom. The predicted octanol–water partition coefficient (Wildman–Crippen LogP) is 10.2. The first-order valence-electron chi connectivity index (χ1n) is 41.4. The van der Waals surface area contributed by atoms with Gasteiger partial charge in [-0.3, -0.25) is 33.9 Å². The van der Waals surface area contributed by atoms with E-state index in [4.69, 9.17) is 18.9 Å². The predicted molar refractivity (Wildman–Crippen MR) is 463 cm³/mol. The third-order valence-electron chi connectivity index (χ3n) is 23.1. The second-order valence-corrected chi connectivity index (χ2v) is 38.0. The van der Waals surface area contributed by atoms with Crippen LogP contribution in [-0.4, -0.2) is 227 Å². The van der Waals surface area contributed by atoms with Gasteiger partial charge < -0.3 is 49.0 Å². The molecule has 26 nitrogen and oxygen atoms in total. The fourth-order valence-corrected chi connectivity index (χ4v) is 19.3. The van der Waals surface area contributed by atoms with Crippen LogP contribution in [0.3, 0.4) is 0 Å². The Labute approximate surface area is 711 Å². The average molecular weight is 1710 g/mol. The molecule has 3 fully saturated rings. The number of fused-ring (bicyclic) bond motifs is 3. The zero-order valence-electron chi connectivity index (χ0n) is 70.4. The molecule has 3 amide bonds. The number of rotatable bonds is 23. The number of ether oxygens (including phenoxy) is 4. The molecule has 6 N–H and O–H groups in total. The van der Waals surface area contributed by atoms with E-state index in [9.17, 15) is 59.8 Å². The number of benzene rings is 8. The Kier molecular flexibility index (Phi) is 29.0. The molecule has 6 heterocycles. The molecule has 0 aliphatic carbocycles. The molecule has 14 rings (SSSR count). The lowest BCUT2D eigenvalue weighted by Crippen LogP contribution is -2.53. The van der Waals surface area contributed by atoms with Gasteiger partial charge in [0.1, 0.15) is 52.4 Å². The topological polar surface area (TPSA) is 324 Å². The van der Waals surface area contributed by atoms with Crippen molar-refractivity contribution in [3.63, 3.8) is 0 Å². The average Bonchev–Trinajstić information content (AvgIpc) is 0.761. The summed E-state index contributed by atoms with van der Waals surface area (Å²) in [4.78, 5) is 64.4. The molecular weight excluding hydrogens is 1600 g/mol. The number of hydrogen-bond donors (Lipinski definition) is 6. The van der Waals surface area contributed by atoms with Crippen LogP contribution >= 0.6 is 0 Å². The fraction of sp³-hybridized carbons (Fsp3) is 0.413. The van der Waals surface area contributed by atoms with Crippen LogP contribution in [0.2, 0.25) is 0 Å². The Bertz CT molecular complexity index is 5330. The minimum Gasteiger partial charge on any atom is -0.485 e. The van der Waals surface area contributed by atoms with Crippen LogP contribution in [0.4, 0.5) is 0 Å². The minimum absolute atomic E-state index is 0.0886. The first kappa shape index (κ1) is 90.5. The maximum atomic E-state index is 13.5. The van der Waals surface area contributed by atoms with Crippen LogP contribution in [0, 0.1) is 0 Å². The monoisotopic (exact) mass is 1710 g/mol.